The fourth-order valence-electron chi connectivity index (χ4n) is 3.52. The van der Waals surface area contributed by atoms with Crippen LogP contribution in [-0.4, -0.2) is 38.2 Å². The first-order valence-corrected chi connectivity index (χ1v) is 8.81. The zero-order valence-electron chi connectivity index (χ0n) is 14.6. The Morgan fingerprint density at radius 3 is 2.79 bits per heavy atom. The Kier molecular flexibility index (Phi) is 5.28. The summed E-state index contributed by atoms with van der Waals surface area (Å²) in [5.74, 6) is 0.287. The van der Waals surface area contributed by atoms with Gasteiger partial charge in [0.05, 0.1) is 6.20 Å². The summed E-state index contributed by atoms with van der Waals surface area (Å²) in [6.45, 7) is 2.96. The molecule has 2 aromatic rings. The average Bonchev–Trinajstić information content (AvgIpc) is 3.20. The second-order valence-corrected chi connectivity index (χ2v) is 6.66. The monoisotopic (exact) mass is 326 g/mol. The van der Waals surface area contributed by atoms with Gasteiger partial charge in [0.2, 0.25) is 5.91 Å². The van der Waals surface area contributed by atoms with Gasteiger partial charge in [-0.3, -0.25) is 14.5 Å². The third-order valence-electron chi connectivity index (χ3n) is 5.16. The number of rotatable bonds is 6. The fraction of sp³-hybridized carbons (Fsp3) is 0.526. The Morgan fingerprint density at radius 2 is 2.08 bits per heavy atom. The number of aryl methyl sites for hydroxylation is 3. The van der Waals surface area contributed by atoms with Crippen LogP contribution in [0.1, 0.15) is 42.5 Å². The lowest BCUT2D eigenvalue weighted by Gasteiger charge is -2.25. The molecule has 24 heavy (non-hydrogen) atoms. The molecule has 1 fully saturated rings. The van der Waals surface area contributed by atoms with Crippen molar-refractivity contribution in [2.75, 3.05) is 6.54 Å². The number of amides is 1. The molecule has 3 heterocycles. The van der Waals surface area contributed by atoms with Crippen LogP contribution in [0.2, 0.25) is 0 Å². The molecule has 1 aliphatic rings. The molecule has 1 atom stereocenters. The molecule has 0 N–H and O–H groups in total. The third-order valence-corrected chi connectivity index (χ3v) is 5.16. The van der Waals surface area contributed by atoms with Crippen molar-refractivity contribution in [3.05, 3.63) is 47.5 Å². The van der Waals surface area contributed by atoms with Crippen LogP contribution in [0.3, 0.4) is 0 Å². The van der Waals surface area contributed by atoms with Gasteiger partial charge in [-0.05, 0) is 62.3 Å². The van der Waals surface area contributed by atoms with Crippen LogP contribution in [0.4, 0.5) is 0 Å². The Hall–Kier alpha value is -2.17. The molecule has 1 saturated heterocycles. The molecule has 0 unspecified atom stereocenters. The van der Waals surface area contributed by atoms with Crippen molar-refractivity contribution in [3.63, 3.8) is 0 Å². The van der Waals surface area contributed by atoms with Crippen LogP contribution in [-0.2, 0) is 24.7 Å². The molecule has 1 aliphatic heterocycles. The second-order valence-electron chi connectivity index (χ2n) is 6.66. The maximum absolute atomic E-state index is 12.6. The molecule has 0 radical (unpaired) electrons. The van der Waals surface area contributed by atoms with Crippen molar-refractivity contribution >= 4 is 5.91 Å². The molecule has 2 aromatic heterocycles. The predicted molar refractivity (Wildman–Crippen MR) is 93.6 cm³/mol. The summed E-state index contributed by atoms with van der Waals surface area (Å²) in [5, 5.41) is 4.26. The SMILES string of the molecule is Cc1c(CCC(=O)N2CCC[C@H]2CCc2ccncc2)cnn1C. The standard InChI is InChI=1S/C19H26N4O/c1-15-17(14-21-22(15)2)6-8-19(24)23-13-3-4-18(23)7-5-16-9-11-20-12-10-16/h9-12,14,18H,3-8,13H2,1-2H3/t18-/m0/s1. The van der Waals surface area contributed by atoms with E-state index in [2.05, 4.69) is 34.0 Å². The molecular formula is C19H26N4O. The summed E-state index contributed by atoms with van der Waals surface area (Å²) in [6.07, 6.45) is 11.2. The van der Waals surface area contributed by atoms with Crippen LogP contribution < -0.4 is 0 Å². The maximum Gasteiger partial charge on any atom is 0.223 e. The number of carbonyl (C=O) groups excluding carboxylic acids is 1. The quantitative estimate of drug-likeness (QED) is 0.820. The van der Waals surface area contributed by atoms with E-state index in [1.807, 2.05) is 30.3 Å². The third kappa shape index (κ3) is 3.83. The molecule has 0 aromatic carbocycles. The molecule has 128 valence electrons. The van der Waals surface area contributed by atoms with Crippen LogP contribution in [0, 0.1) is 6.92 Å². The molecule has 5 nitrogen and oxygen atoms in total. The Balaban J connectivity index is 1.52. The van der Waals surface area contributed by atoms with Gasteiger partial charge >= 0.3 is 0 Å². The van der Waals surface area contributed by atoms with E-state index in [-0.39, 0.29) is 5.91 Å². The summed E-state index contributed by atoms with van der Waals surface area (Å²) >= 11 is 0. The van der Waals surface area contributed by atoms with E-state index in [4.69, 9.17) is 0 Å². The molecule has 5 heteroatoms. The highest BCUT2D eigenvalue weighted by atomic mass is 16.2. The predicted octanol–water partition coefficient (Wildman–Crippen LogP) is 2.68. The summed E-state index contributed by atoms with van der Waals surface area (Å²) in [4.78, 5) is 18.8. The first-order valence-electron chi connectivity index (χ1n) is 8.81. The molecule has 0 saturated carbocycles. The smallest absolute Gasteiger partial charge is 0.223 e. The van der Waals surface area contributed by atoms with Gasteiger partial charge < -0.3 is 4.90 Å². The number of likely N-dealkylation sites (tertiary alicyclic amines) is 1. The molecule has 1 amide bonds. The summed E-state index contributed by atoms with van der Waals surface area (Å²) < 4.78 is 1.87. The van der Waals surface area contributed by atoms with Crippen molar-refractivity contribution in [1.29, 1.82) is 0 Å². The molecule has 0 spiro atoms. The number of pyridine rings is 1. The maximum atomic E-state index is 12.6. The topological polar surface area (TPSA) is 51.0 Å². The van der Waals surface area contributed by atoms with E-state index in [0.29, 0.717) is 12.5 Å². The van der Waals surface area contributed by atoms with E-state index in [1.54, 1.807) is 0 Å². The van der Waals surface area contributed by atoms with Crippen molar-refractivity contribution in [2.24, 2.45) is 7.05 Å². The molecule has 0 bridgehead atoms. The largest absolute Gasteiger partial charge is 0.340 e. The normalized spacial score (nSPS) is 17.4. The minimum Gasteiger partial charge on any atom is -0.340 e. The van der Waals surface area contributed by atoms with Crippen molar-refractivity contribution in [3.8, 4) is 0 Å². The van der Waals surface area contributed by atoms with E-state index in [1.165, 1.54) is 11.1 Å². The first kappa shape index (κ1) is 16.7. The Bertz CT molecular complexity index is 680. The number of nitrogens with zero attached hydrogens (tertiary/aromatic N) is 4. The fourth-order valence-corrected chi connectivity index (χ4v) is 3.52. The van der Waals surface area contributed by atoms with Gasteiger partial charge in [-0.25, -0.2) is 0 Å². The van der Waals surface area contributed by atoms with Gasteiger partial charge in [0.25, 0.3) is 0 Å². The number of hydrogen-bond donors (Lipinski definition) is 0. The number of hydrogen-bond acceptors (Lipinski definition) is 3. The highest BCUT2D eigenvalue weighted by Gasteiger charge is 2.28. The highest BCUT2D eigenvalue weighted by molar-refractivity contribution is 5.77. The minimum atomic E-state index is 0.287. The van der Waals surface area contributed by atoms with E-state index >= 15 is 0 Å². The second kappa shape index (κ2) is 7.60. The summed E-state index contributed by atoms with van der Waals surface area (Å²) in [6, 6.07) is 4.51. The average molecular weight is 326 g/mol. The Morgan fingerprint density at radius 1 is 1.29 bits per heavy atom. The van der Waals surface area contributed by atoms with Crippen LogP contribution in [0.15, 0.2) is 30.7 Å². The molecular weight excluding hydrogens is 300 g/mol. The Labute approximate surface area is 143 Å². The van der Waals surface area contributed by atoms with Crippen LogP contribution in [0.25, 0.3) is 0 Å². The molecule has 3 rings (SSSR count). The van der Waals surface area contributed by atoms with Gasteiger partial charge in [-0.15, -0.1) is 0 Å². The summed E-state index contributed by atoms with van der Waals surface area (Å²) in [5.41, 5.74) is 3.63. The highest BCUT2D eigenvalue weighted by Crippen LogP contribution is 2.23. The van der Waals surface area contributed by atoms with E-state index < -0.39 is 0 Å². The van der Waals surface area contributed by atoms with Crippen molar-refractivity contribution < 1.29 is 4.79 Å². The minimum absolute atomic E-state index is 0.287. The van der Waals surface area contributed by atoms with Gasteiger partial charge in [-0.2, -0.15) is 5.10 Å². The van der Waals surface area contributed by atoms with E-state index in [0.717, 1.165) is 44.3 Å². The van der Waals surface area contributed by atoms with Crippen LogP contribution >= 0.6 is 0 Å². The van der Waals surface area contributed by atoms with Gasteiger partial charge in [0.1, 0.15) is 0 Å². The number of carbonyl (C=O) groups is 1. The zero-order valence-corrected chi connectivity index (χ0v) is 14.6. The summed E-state index contributed by atoms with van der Waals surface area (Å²) in [7, 11) is 1.94. The van der Waals surface area contributed by atoms with E-state index in [9.17, 15) is 4.79 Å². The lowest BCUT2D eigenvalue weighted by atomic mass is 10.0. The van der Waals surface area contributed by atoms with Gasteiger partial charge in [0, 0.05) is 44.1 Å². The lowest BCUT2D eigenvalue weighted by Crippen LogP contribution is -2.36. The van der Waals surface area contributed by atoms with Gasteiger partial charge in [-0.1, -0.05) is 0 Å². The molecule has 0 aliphatic carbocycles. The van der Waals surface area contributed by atoms with Gasteiger partial charge in [0.15, 0.2) is 0 Å². The zero-order chi connectivity index (χ0) is 16.9. The lowest BCUT2D eigenvalue weighted by molar-refractivity contribution is -0.132. The van der Waals surface area contributed by atoms with Crippen LogP contribution in [0.5, 0.6) is 0 Å². The first-order chi connectivity index (χ1) is 11.6. The number of aromatic nitrogens is 3. The van der Waals surface area contributed by atoms with Crippen molar-refractivity contribution in [2.45, 2.75) is 51.5 Å². The van der Waals surface area contributed by atoms with Crippen molar-refractivity contribution in [1.82, 2.24) is 19.7 Å².